The molecular weight excluding hydrogens is 458 g/mol. The maximum absolute atomic E-state index is 13.1. The summed E-state index contributed by atoms with van der Waals surface area (Å²) in [7, 11) is -3.56. The lowest BCUT2D eigenvalue weighted by Gasteiger charge is -2.31. The van der Waals surface area contributed by atoms with E-state index in [4.69, 9.17) is 0 Å². The van der Waals surface area contributed by atoms with E-state index < -0.39 is 10.0 Å². The fraction of sp³-hybridized carbons (Fsp3) is 0.321. The standard InChI is InChI=1S/C28H33N3O3S/c1-20-9-14-27(21(2)19-20)35(33,34)31-17-15-24(16-18-31)28(32)30-26-12-10-25(11-13-26)29-22(3)23-7-5-4-6-8-23/h4-14,19,22,24,29H,15-18H2,1-3H3,(H,30,32). The zero-order chi connectivity index (χ0) is 25.0. The Kier molecular flexibility index (Phi) is 7.57. The first kappa shape index (κ1) is 24.9. The minimum absolute atomic E-state index is 0.0630. The molecule has 1 atom stereocenters. The Morgan fingerprint density at radius 1 is 0.914 bits per heavy atom. The number of nitrogens with zero attached hydrogens (tertiary/aromatic N) is 1. The fourth-order valence-electron chi connectivity index (χ4n) is 4.56. The van der Waals surface area contributed by atoms with Gasteiger partial charge in [0.05, 0.1) is 4.90 Å². The smallest absolute Gasteiger partial charge is 0.243 e. The van der Waals surface area contributed by atoms with E-state index in [1.807, 2.05) is 68.4 Å². The van der Waals surface area contributed by atoms with Crippen LogP contribution in [0.25, 0.3) is 0 Å². The third-order valence-corrected chi connectivity index (χ3v) is 8.67. The van der Waals surface area contributed by atoms with E-state index in [-0.39, 0.29) is 17.9 Å². The number of aryl methyl sites for hydroxylation is 2. The first-order chi connectivity index (χ1) is 16.7. The van der Waals surface area contributed by atoms with Crippen LogP contribution in [0.5, 0.6) is 0 Å². The van der Waals surface area contributed by atoms with Crippen molar-refractivity contribution in [1.82, 2.24) is 4.31 Å². The summed E-state index contributed by atoms with van der Waals surface area (Å²) in [6.07, 6.45) is 1.01. The van der Waals surface area contributed by atoms with Gasteiger partial charge >= 0.3 is 0 Å². The molecule has 4 rings (SSSR count). The zero-order valence-electron chi connectivity index (χ0n) is 20.5. The van der Waals surface area contributed by atoms with Gasteiger partial charge < -0.3 is 10.6 Å². The molecule has 3 aromatic rings. The molecule has 6 nitrogen and oxygen atoms in total. The average molecular weight is 492 g/mol. The van der Waals surface area contributed by atoms with Crippen LogP contribution < -0.4 is 10.6 Å². The summed E-state index contributed by atoms with van der Waals surface area (Å²) >= 11 is 0. The summed E-state index contributed by atoms with van der Waals surface area (Å²) in [5.41, 5.74) is 4.70. The number of rotatable bonds is 7. The van der Waals surface area contributed by atoms with E-state index in [1.165, 1.54) is 9.87 Å². The molecule has 0 saturated carbocycles. The normalized spacial score (nSPS) is 16.0. The Balaban J connectivity index is 1.31. The Morgan fingerprint density at radius 3 is 2.17 bits per heavy atom. The van der Waals surface area contributed by atoms with Crippen molar-refractivity contribution >= 4 is 27.3 Å². The van der Waals surface area contributed by atoms with Gasteiger partial charge in [-0.15, -0.1) is 0 Å². The number of hydrogen-bond acceptors (Lipinski definition) is 4. The van der Waals surface area contributed by atoms with Gasteiger partial charge in [0.1, 0.15) is 0 Å². The van der Waals surface area contributed by atoms with Crippen molar-refractivity contribution in [3.8, 4) is 0 Å². The van der Waals surface area contributed by atoms with Crippen molar-refractivity contribution in [3.05, 3.63) is 89.5 Å². The van der Waals surface area contributed by atoms with Gasteiger partial charge in [0.15, 0.2) is 0 Å². The number of carbonyl (C=O) groups is 1. The van der Waals surface area contributed by atoms with E-state index in [0.29, 0.717) is 30.8 Å². The SMILES string of the molecule is Cc1ccc(S(=O)(=O)N2CCC(C(=O)Nc3ccc(NC(C)c4ccccc4)cc3)CC2)c(C)c1. The number of nitrogens with one attached hydrogen (secondary N) is 2. The molecule has 35 heavy (non-hydrogen) atoms. The van der Waals surface area contributed by atoms with Crippen LogP contribution in [-0.4, -0.2) is 31.7 Å². The quantitative estimate of drug-likeness (QED) is 0.456. The second-order valence-corrected chi connectivity index (χ2v) is 11.2. The lowest BCUT2D eigenvalue weighted by atomic mass is 9.97. The molecular formula is C28H33N3O3S. The highest BCUT2D eigenvalue weighted by molar-refractivity contribution is 7.89. The van der Waals surface area contributed by atoms with E-state index in [2.05, 4.69) is 29.7 Å². The van der Waals surface area contributed by atoms with Crippen molar-refractivity contribution in [2.75, 3.05) is 23.7 Å². The Bertz CT molecular complexity index is 1270. The van der Waals surface area contributed by atoms with E-state index in [9.17, 15) is 13.2 Å². The summed E-state index contributed by atoms with van der Waals surface area (Å²) < 4.78 is 27.7. The molecule has 0 aliphatic carbocycles. The molecule has 1 aliphatic rings. The van der Waals surface area contributed by atoms with Gasteiger partial charge in [-0.25, -0.2) is 8.42 Å². The van der Waals surface area contributed by atoms with Crippen LogP contribution in [0.15, 0.2) is 77.7 Å². The van der Waals surface area contributed by atoms with Gasteiger partial charge in [-0.3, -0.25) is 4.79 Å². The third-order valence-electron chi connectivity index (χ3n) is 6.61. The molecule has 184 valence electrons. The van der Waals surface area contributed by atoms with Crippen LogP contribution >= 0.6 is 0 Å². The minimum atomic E-state index is -3.56. The lowest BCUT2D eigenvalue weighted by molar-refractivity contribution is -0.120. The predicted molar refractivity (Wildman–Crippen MR) is 141 cm³/mol. The highest BCUT2D eigenvalue weighted by Gasteiger charge is 2.32. The van der Waals surface area contributed by atoms with Gasteiger partial charge in [-0.1, -0.05) is 48.0 Å². The molecule has 1 aliphatic heterocycles. The Morgan fingerprint density at radius 2 is 1.54 bits per heavy atom. The minimum Gasteiger partial charge on any atom is -0.379 e. The van der Waals surface area contributed by atoms with Gasteiger partial charge in [-0.05, 0) is 75.1 Å². The molecule has 1 saturated heterocycles. The largest absolute Gasteiger partial charge is 0.379 e. The molecule has 0 aromatic heterocycles. The van der Waals surface area contributed by atoms with Crippen LogP contribution in [0.1, 0.15) is 42.5 Å². The molecule has 1 heterocycles. The van der Waals surface area contributed by atoms with Gasteiger partial charge in [0.25, 0.3) is 0 Å². The van der Waals surface area contributed by atoms with Crippen molar-refractivity contribution in [1.29, 1.82) is 0 Å². The van der Waals surface area contributed by atoms with Gasteiger partial charge in [0.2, 0.25) is 15.9 Å². The van der Waals surface area contributed by atoms with Gasteiger partial charge in [-0.2, -0.15) is 4.31 Å². The van der Waals surface area contributed by atoms with Crippen molar-refractivity contribution in [3.63, 3.8) is 0 Å². The Labute approximate surface area is 208 Å². The van der Waals surface area contributed by atoms with Crippen LogP contribution in [0.3, 0.4) is 0 Å². The number of anilines is 2. The van der Waals surface area contributed by atoms with E-state index >= 15 is 0 Å². The average Bonchev–Trinajstić information content (AvgIpc) is 2.85. The molecule has 0 spiro atoms. The van der Waals surface area contributed by atoms with Crippen LogP contribution in [0.2, 0.25) is 0 Å². The topological polar surface area (TPSA) is 78.5 Å². The number of hydrogen-bond donors (Lipinski definition) is 2. The predicted octanol–water partition coefficient (Wildman–Crippen LogP) is 5.52. The van der Waals surface area contributed by atoms with Crippen LogP contribution in [0.4, 0.5) is 11.4 Å². The molecule has 0 radical (unpaired) electrons. The monoisotopic (exact) mass is 491 g/mol. The number of amides is 1. The van der Waals surface area contributed by atoms with Crippen molar-refractivity contribution in [2.24, 2.45) is 5.92 Å². The van der Waals surface area contributed by atoms with Crippen molar-refractivity contribution < 1.29 is 13.2 Å². The third kappa shape index (κ3) is 5.92. The number of benzene rings is 3. The molecule has 1 unspecified atom stereocenters. The maximum atomic E-state index is 13.1. The summed E-state index contributed by atoms with van der Waals surface area (Å²) in [6, 6.07) is 23.5. The van der Waals surface area contributed by atoms with E-state index in [1.54, 1.807) is 6.07 Å². The summed E-state index contributed by atoms with van der Waals surface area (Å²) in [4.78, 5) is 13.2. The highest BCUT2D eigenvalue weighted by Crippen LogP contribution is 2.27. The molecule has 0 bridgehead atoms. The fourth-order valence-corrected chi connectivity index (χ4v) is 6.23. The maximum Gasteiger partial charge on any atom is 0.243 e. The molecule has 1 amide bonds. The highest BCUT2D eigenvalue weighted by atomic mass is 32.2. The Hall–Kier alpha value is -3.16. The summed E-state index contributed by atoms with van der Waals surface area (Å²) in [5, 5.41) is 6.46. The van der Waals surface area contributed by atoms with Crippen LogP contribution in [-0.2, 0) is 14.8 Å². The molecule has 2 N–H and O–H groups in total. The second kappa shape index (κ2) is 10.6. The second-order valence-electron chi connectivity index (χ2n) is 9.29. The summed E-state index contributed by atoms with van der Waals surface area (Å²) in [6.45, 7) is 6.56. The zero-order valence-corrected chi connectivity index (χ0v) is 21.3. The molecule has 7 heteroatoms. The molecule has 3 aromatic carbocycles. The first-order valence-corrected chi connectivity index (χ1v) is 13.5. The van der Waals surface area contributed by atoms with Crippen LogP contribution in [0, 0.1) is 19.8 Å². The van der Waals surface area contributed by atoms with Gasteiger partial charge in [0, 0.05) is 36.4 Å². The number of piperidine rings is 1. The molecule has 1 fully saturated rings. The number of carbonyl (C=O) groups excluding carboxylic acids is 1. The lowest BCUT2D eigenvalue weighted by Crippen LogP contribution is -2.41. The van der Waals surface area contributed by atoms with E-state index in [0.717, 1.165) is 22.5 Å². The first-order valence-electron chi connectivity index (χ1n) is 12.0. The number of sulfonamides is 1. The summed E-state index contributed by atoms with van der Waals surface area (Å²) in [5.74, 6) is -0.275. The van der Waals surface area contributed by atoms with Crippen molar-refractivity contribution in [2.45, 2.75) is 44.6 Å².